The highest BCUT2D eigenvalue weighted by Gasteiger charge is 2.49. The standard InChI is InChI=1S/C18H18N4O3.ClH/c1-24-17-8-7-15-18(25-17,13-5-3-2-4-6-13)9-16(23)22(21-15)14-10-19-12-20-11-14;/h2-7,10-12,17,21H,8-9H2,1H3;1H/t17-,18+;/m0./s1. The number of halogens is 1. The summed E-state index contributed by atoms with van der Waals surface area (Å²) in [5, 5.41) is 1.46. The molecule has 0 radical (unpaired) electrons. The molecular formula is C18H19ClN4O3. The first-order valence-corrected chi connectivity index (χ1v) is 8.04. The van der Waals surface area contributed by atoms with Crippen molar-refractivity contribution in [3.63, 3.8) is 0 Å². The molecule has 2 atom stereocenters. The van der Waals surface area contributed by atoms with E-state index >= 15 is 0 Å². The molecule has 26 heavy (non-hydrogen) atoms. The number of hydrazine groups is 1. The molecule has 8 heteroatoms. The topological polar surface area (TPSA) is 76.6 Å². The molecule has 2 aliphatic rings. The van der Waals surface area contributed by atoms with Crippen molar-refractivity contribution in [2.75, 3.05) is 12.1 Å². The van der Waals surface area contributed by atoms with Crippen molar-refractivity contribution >= 4 is 24.0 Å². The van der Waals surface area contributed by atoms with Gasteiger partial charge in [0.1, 0.15) is 17.6 Å². The van der Waals surface area contributed by atoms with Gasteiger partial charge in [0.25, 0.3) is 0 Å². The van der Waals surface area contributed by atoms with Gasteiger partial charge in [0.05, 0.1) is 24.5 Å². The first-order valence-electron chi connectivity index (χ1n) is 8.04. The molecule has 136 valence electrons. The molecule has 1 aromatic heterocycles. The Morgan fingerprint density at radius 3 is 2.69 bits per heavy atom. The fraction of sp³-hybridized carbons (Fsp3) is 0.278. The molecule has 1 fully saturated rings. The number of benzene rings is 1. The molecule has 0 unspecified atom stereocenters. The Morgan fingerprint density at radius 2 is 2.00 bits per heavy atom. The highest BCUT2D eigenvalue weighted by atomic mass is 35.5. The molecule has 0 spiro atoms. The summed E-state index contributed by atoms with van der Waals surface area (Å²) in [6.45, 7) is 0. The first kappa shape index (κ1) is 18.3. The summed E-state index contributed by atoms with van der Waals surface area (Å²) in [4.78, 5) is 20.8. The van der Waals surface area contributed by atoms with E-state index in [4.69, 9.17) is 9.47 Å². The highest BCUT2D eigenvalue weighted by Crippen LogP contribution is 2.44. The molecule has 1 N–H and O–H groups in total. The maximum atomic E-state index is 12.9. The molecule has 0 saturated carbocycles. The number of hydrogen-bond acceptors (Lipinski definition) is 6. The lowest BCUT2D eigenvalue weighted by Crippen LogP contribution is -2.58. The van der Waals surface area contributed by atoms with Crippen molar-refractivity contribution in [1.29, 1.82) is 0 Å². The molecule has 1 amide bonds. The van der Waals surface area contributed by atoms with Crippen molar-refractivity contribution < 1.29 is 14.3 Å². The third-order valence-corrected chi connectivity index (χ3v) is 4.47. The minimum absolute atomic E-state index is 0. The maximum Gasteiger partial charge on any atom is 0.249 e. The van der Waals surface area contributed by atoms with Crippen LogP contribution in [0.2, 0.25) is 0 Å². The second kappa shape index (κ2) is 7.41. The van der Waals surface area contributed by atoms with Gasteiger partial charge in [0, 0.05) is 13.5 Å². The normalized spacial score (nSPS) is 24.8. The fourth-order valence-electron chi connectivity index (χ4n) is 3.26. The predicted octanol–water partition coefficient (Wildman–Crippen LogP) is 2.31. The Hall–Kier alpha value is -2.48. The van der Waals surface area contributed by atoms with Gasteiger partial charge in [0.15, 0.2) is 6.29 Å². The Kier molecular flexibility index (Phi) is 5.22. The van der Waals surface area contributed by atoms with Crippen LogP contribution in [0.25, 0.3) is 0 Å². The third-order valence-electron chi connectivity index (χ3n) is 4.47. The number of nitrogens with one attached hydrogen (secondary N) is 1. The molecule has 1 aromatic carbocycles. The van der Waals surface area contributed by atoms with E-state index in [1.807, 2.05) is 36.4 Å². The number of nitrogens with zero attached hydrogens (tertiary/aromatic N) is 3. The van der Waals surface area contributed by atoms with E-state index in [-0.39, 0.29) is 24.7 Å². The van der Waals surface area contributed by atoms with Crippen molar-refractivity contribution in [1.82, 2.24) is 15.4 Å². The van der Waals surface area contributed by atoms with E-state index in [2.05, 4.69) is 15.4 Å². The third kappa shape index (κ3) is 3.05. The summed E-state index contributed by atoms with van der Waals surface area (Å²) in [7, 11) is 1.61. The van der Waals surface area contributed by atoms with Crippen LogP contribution in [-0.4, -0.2) is 29.3 Å². The minimum atomic E-state index is -0.886. The van der Waals surface area contributed by atoms with Crippen LogP contribution < -0.4 is 10.4 Å². The van der Waals surface area contributed by atoms with Gasteiger partial charge in [0.2, 0.25) is 5.91 Å². The van der Waals surface area contributed by atoms with Crippen LogP contribution in [0.3, 0.4) is 0 Å². The summed E-state index contributed by atoms with van der Waals surface area (Å²) in [6.07, 6.45) is 6.99. The van der Waals surface area contributed by atoms with E-state index < -0.39 is 11.9 Å². The number of rotatable bonds is 3. The number of amides is 1. The lowest BCUT2D eigenvalue weighted by molar-refractivity contribution is -0.204. The van der Waals surface area contributed by atoms with Gasteiger partial charge in [-0.25, -0.2) is 15.0 Å². The second-order valence-corrected chi connectivity index (χ2v) is 5.94. The Bertz CT molecular complexity index is 803. The maximum absolute atomic E-state index is 12.9. The largest absolute Gasteiger partial charge is 0.356 e. The molecule has 4 rings (SSSR count). The van der Waals surface area contributed by atoms with Gasteiger partial charge in [-0.1, -0.05) is 36.4 Å². The zero-order valence-corrected chi connectivity index (χ0v) is 15.0. The summed E-state index contributed by atoms with van der Waals surface area (Å²) < 4.78 is 11.6. The van der Waals surface area contributed by atoms with Crippen LogP contribution in [0.5, 0.6) is 0 Å². The monoisotopic (exact) mass is 374 g/mol. The number of hydrogen-bond donors (Lipinski definition) is 1. The zero-order valence-electron chi connectivity index (χ0n) is 14.2. The quantitative estimate of drug-likeness (QED) is 0.888. The van der Waals surface area contributed by atoms with Crippen molar-refractivity contribution in [3.8, 4) is 0 Å². The van der Waals surface area contributed by atoms with Crippen LogP contribution >= 0.6 is 12.4 Å². The predicted molar refractivity (Wildman–Crippen MR) is 97.2 cm³/mol. The average Bonchev–Trinajstić information content (AvgIpc) is 2.68. The Balaban J connectivity index is 0.00000196. The van der Waals surface area contributed by atoms with Crippen molar-refractivity contribution in [2.45, 2.75) is 24.7 Å². The summed E-state index contributed by atoms with van der Waals surface area (Å²) >= 11 is 0. The number of methoxy groups -OCH3 is 1. The van der Waals surface area contributed by atoms with E-state index in [0.717, 1.165) is 11.3 Å². The van der Waals surface area contributed by atoms with Gasteiger partial charge in [-0.3, -0.25) is 10.2 Å². The summed E-state index contributed by atoms with van der Waals surface area (Å²) in [5.41, 5.74) is 4.62. The smallest absolute Gasteiger partial charge is 0.249 e. The van der Waals surface area contributed by atoms with Crippen molar-refractivity contribution in [2.24, 2.45) is 0 Å². The minimum Gasteiger partial charge on any atom is -0.356 e. The lowest BCUT2D eigenvalue weighted by atomic mass is 9.83. The van der Waals surface area contributed by atoms with Crippen molar-refractivity contribution in [3.05, 3.63) is 66.4 Å². The van der Waals surface area contributed by atoms with Crippen LogP contribution in [0.4, 0.5) is 5.69 Å². The number of anilines is 1. The van der Waals surface area contributed by atoms with E-state index in [0.29, 0.717) is 12.1 Å². The molecule has 0 bridgehead atoms. The van der Waals surface area contributed by atoms with Gasteiger partial charge in [-0.15, -0.1) is 12.4 Å². The number of carbonyl (C=O) groups excluding carboxylic acids is 1. The Labute approximate surface area is 157 Å². The number of fused-ring (bicyclic) bond motifs is 1. The number of carbonyl (C=O) groups is 1. The van der Waals surface area contributed by atoms with Gasteiger partial charge < -0.3 is 9.47 Å². The van der Waals surface area contributed by atoms with Crippen LogP contribution in [0.15, 0.2) is 60.8 Å². The molecule has 7 nitrogen and oxygen atoms in total. The van der Waals surface area contributed by atoms with Gasteiger partial charge in [-0.05, 0) is 5.56 Å². The number of aromatic nitrogens is 2. The molecular weight excluding hydrogens is 356 g/mol. The average molecular weight is 375 g/mol. The molecule has 2 aliphatic heterocycles. The lowest BCUT2D eigenvalue weighted by Gasteiger charge is -2.47. The molecule has 3 heterocycles. The first-order chi connectivity index (χ1) is 12.2. The zero-order chi connectivity index (χ0) is 17.3. The van der Waals surface area contributed by atoms with Crippen LogP contribution in [-0.2, 0) is 19.9 Å². The van der Waals surface area contributed by atoms with E-state index in [1.165, 1.54) is 11.3 Å². The summed E-state index contributed by atoms with van der Waals surface area (Å²) in [6, 6.07) is 9.73. The summed E-state index contributed by atoms with van der Waals surface area (Å²) in [5.74, 6) is -0.132. The fourth-order valence-corrected chi connectivity index (χ4v) is 3.26. The highest BCUT2D eigenvalue weighted by molar-refractivity contribution is 5.95. The molecule has 1 saturated heterocycles. The van der Waals surface area contributed by atoms with Crippen LogP contribution in [0.1, 0.15) is 18.4 Å². The molecule has 2 aromatic rings. The van der Waals surface area contributed by atoms with E-state index in [1.54, 1.807) is 19.5 Å². The SMILES string of the molecule is CO[C@@H]1CC=C2NN(c3cncnc3)C(=O)C[C@]2(c2ccccc2)O1.Cl. The Morgan fingerprint density at radius 1 is 1.27 bits per heavy atom. The molecule has 0 aliphatic carbocycles. The van der Waals surface area contributed by atoms with E-state index in [9.17, 15) is 4.79 Å². The van der Waals surface area contributed by atoms with Gasteiger partial charge in [-0.2, -0.15) is 0 Å². The second-order valence-electron chi connectivity index (χ2n) is 5.94. The van der Waals surface area contributed by atoms with Crippen LogP contribution in [0, 0.1) is 0 Å². The van der Waals surface area contributed by atoms with Gasteiger partial charge >= 0.3 is 0 Å². The number of ether oxygens (including phenoxy) is 2.